The molecule has 1 aliphatic rings. The Morgan fingerprint density at radius 3 is 2.29 bits per heavy atom. The van der Waals surface area contributed by atoms with Gasteiger partial charge in [0, 0.05) is 33.9 Å². The molecule has 2 N–H and O–H groups in total. The lowest BCUT2D eigenvalue weighted by Crippen LogP contribution is -2.28. The molecule has 0 saturated carbocycles. The van der Waals surface area contributed by atoms with Gasteiger partial charge in [0.1, 0.15) is 12.5 Å². The third-order valence-corrected chi connectivity index (χ3v) is 5.30. The molecule has 2 aromatic rings. The maximum atomic E-state index is 12.5. The predicted molar refractivity (Wildman–Crippen MR) is 152 cm³/mol. The summed E-state index contributed by atoms with van der Waals surface area (Å²) in [7, 11) is 2.02. The number of alkyl halides is 3. The molecule has 210 valence electrons. The van der Waals surface area contributed by atoms with E-state index in [9.17, 15) is 13.2 Å². The van der Waals surface area contributed by atoms with E-state index in [0.29, 0.717) is 12.2 Å². The van der Waals surface area contributed by atoms with E-state index in [1.165, 1.54) is 12.1 Å². The van der Waals surface area contributed by atoms with Crippen molar-refractivity contribution in [2.24, 2.45) is 0 Å². The van der Waals surface area contributed by atoms with E-state index in [-0.39, 0.29) is 13.8 Å². The van der Waals surface area contributed by atoms with Crippen LogP contribution in [0.2, 0.25) is 0 Å². The van der Waals surface area contributed by atoms with Crippen molar-refractivity contribution in [1.29, 1.82) is 0 Å². The van der Waals surface area contributed by atoms with Gasteiger partial charge in [-0.15, -0.1) is 18.9 Å². The van der Waals surface area contributed by atoms with Crippen molar-refractivity contribution >= 4 is 12.5 Å². The lowest BCUT2D eigenvalue weighted by atomic mass is 9.86. The van der Waals surface area contributed by atoms with Crippen molar-refractivity contribution in [2.45, 2.75) is 47.0 Å². The van der Waals surface area contributed by atoms with Crippen LogP contribution in [0.4, 0.5) is 18.9 Å². The standard InChI is InChI=1S/C25H25F3N2O.C2H6O.C2H6.CH2O.H2/c1-6-20(7-2)29-14-19-13-22(18-8-10-21(11-9-18)31-25(26,27)28)23-12-16(3)15-30(5)24(23)17(19)4;1-2-3;2*1-2;/h6,8-11,13,29H,1-3,12,14-15H2,4-5H3;3H,2H2,1H3;1-2H3;1H2;1H. The normalized spacial score (nSPS) is 11.6. The van der Waals surface area contributed by atoms with E-state index in [4.69, 9.17) is 9.90 Å². The Kier molecular flexibility index (Phi) is 15.2. The molecular formula is C30H41F3N2O3. The lowest BCUT2D eigenvalue weighted by molar-refractivity contribution is -0.274. The SMILES string of the molecule is C=C=C(C=C)NCc1cc(-c2ccc(OC(F)(F)F)cc2)c2c(c1C)N(C)CC(=C)C2.C=O.CC.CCO.[HH]. The van der Waals surface area contributed by atoms with Crippen LogP contribution in [0.3, 0.4) is 0 Å². The van der Waals surface area contributed by atoms with Crippen LogP contribution in [-0.2, 0) is 17.8 Å². The summed E-state index contributed by atoms with van der Waals surface area (Å²) in [6.45, 7) is 22.9. The Morgan fingerprint density at radius 1 is 1.26 bits per heavy atom. The van der Waals surface area contributed by atoms with Gasteiger partial charge >= 0.3 is 6.36 Å². The lowest BCUT2D eigenvalue weighted by Gasteiger charge is -2.33. The van der Waals surface area contributed by atoms with Crippen LogP contribution in [0.15, 0.2) is 73.1 Å². The highest BCUT2D eigenvalue weighted by atomic mass is 19.4. The summed E-state index contributed by atoms with van der Waals surface area (Å²) < 4.78 is 41.6. The van der Waals surface area contributed by atoms with Gasteiger partial charge in [-0.25, -0.2) is 0 Å². The first-order valence-electron chi connectivity index (χ1n) is 12.1. The summed E-state index contributed by atoms with van der Waals surface area (Å²) in [4.78, 5) is 10.2. The van der Waals surface area contributed by atoms with Gasteiger partial charge in [-0.05, 0) is 72.4 Å². The zero-order valence-corrected chi connectivity index (χ0v) is 23.0. The number of hydrogen-bond donors (Lipinski definition) is 2. The maximum absolute atomic E-state index is 12.5. The van der Waals surface area contributed by atoms with E-state index < -0.39 is 6.36 Å². The van der Waals surface area contributed by atoms with E-state index >= 15 is 0 Å². The molecule has 0 fully saturated rings. The number of rotatable bonds is 6. The van der Waals surface area contributed by atoms with E-state index in [2.05, 4.69) is 53.4 Å². The van der Waals surface area contributed by atoms with E-state index in [1.54, 1.807) is 25.1 Å². The quantitative estimate of drug-likeness (QED) is 0.234. The Bertz CT molecular complexity index is 1110. The second-order valence-corrected chi connectivity index (χ2v) is 7.85. The van der Waals surface area contributed by atoms with Crippen LogP contribution < -0.4 is 15.0 Å². The summed E-state index contributed by atoms with van der Waals surface area (Å²) in [5.41, 5.74) is 10.8. The van der Waals surface area contributed by atoms with Gasteiger partial charge < -0.3 is 24.9 Å². The first-order chi connectivity index (χ1) is 18.0. The van der Waals surface area contributed by atoms with Crippen LogP contribution >= 0.6 is 0 Å². The minimum atomic E-state index is -4.72. The topological polar surface area (TPSA) is 61.8 Å². The number of allylic oxidation sites excluding steroid dienone is 1. The molecule has 2 aromatic carbocycles. The fourth-order valence-corrected chi connectivity index (χ4v) is 3.97. The third kappa shape index (κ3) is 9.96. The van der Waals surface area contributed by atoms with Gasteiger partial charge in [0.2, 0.25) is 0 Å². The molecule has 0 spiro atoms. The van der Waals surface area contributed by atoms with Crippen molar-refractivity contribution < 1.29 is 29.2 Å². The summed E-state index contributed by atoms with van der Waals surface area (Å²) >= 11 is 0. The molecule has 38 heavy (non-hydrogen) atoms. The first kappa shape index (κ1) is 34.3. The second kappa shape index (κ2) is 16.9. The molecule has 0 aromatic heterocycles. The monoisotopic (exact) mass is 534 g/mol. The highest BCUT2D eigenvalue weighted by molar-refractivity contribution is 5.80. The number of carbonyl (C=O) groups is 1. The van der Waals surface area contributed by atoms with Crippen LogP contribution in [0.25, 0.3) is 11.1 Å². The van der Waals surface area contributed by atoms with Crippen molar-refractivity contribution in [2.75, 3.05) is 25.1 Å². The summed E-state index contributed by atoms with van der Waals surface area (Å²) in [6.07, 6.45) is -2.35. The molecule has 3 rings (SSSR count). The number of halogens is 3. The smallest absolute Gasteiger partial charge is 0.406 e. The van der Waals surface area contributed by atoms with E-state index in [0.717, 1.165) is 52.0 Å². The number of fused-ring (bicyclic) bond motifs is 1. The summed E-state index contributed by atoms with van der Waals surface area (Å²) in [5.74, 6) is -0.243. The zero-order chi connectivity index (χ0) is 29.5. The average Bonchev–Trinajstić information content (AvgIpc) is 2.88. The number of nitrogens with zero attached hydrogens (tertiary/aromatic N) is 1. The molecular weight excluding hydrogens is 493 g/mol. The third-order valence-electron chi connectivity index (χ3n) is 5.30. The number of anilines is 1. The molecule has 1 aliphatic heterocycles. The minimum absolute atomic E-state index is 0. The fourth-order valence-electron chi connectivity index (χ4n) is 3.97. The highest BCUT2D eigenvalue weighted by Crippen LogP contribution is 2.41. The largest absolute Gasteiger partial charge is 0.573 e. The number of aliphatic hydroxyl groups excluding tert-OH is 1. The molecule has 0 radical (unpaired) electrons. The van der Waals surface area contributed by atoms with Crippen LogP contribution in [0.5, 0.6) is 5.75 Å². The van der Waals surface area contributed by atoms with Gasteiger partial charge in [0.25, 0.3) is 0 Å². The number of aliphatic hydroxyl groups is 1. The molecule has 5 nitrogen and oxygen atoms in total. The van der Waals surface area contributed by atoms with Crippen molar-refractivity contribution in [3.8, 4) is 16.9 Å². The number of nitrogens with one attached hydrogen (secondary N) is 1. The molecule has 8 heteroatoms. The second-order valence-electron chi connectivity index (χ2n) is 7.85. The highest BCUT2D eigenvalue weighted by Gasteiger charge is 2.31. The fraction of sp³-hybridized carbons (Fsp3) is 0.333. The van der Waals surface area contributed by atoms with Gasteiger partial charge in [0.05, 0.1) is 5.70 Å². The molecule has 0 unspecified atom stereocenters. The van der Waals surface area contributed by atoms with Gasteiger partial charge in [-0.3, -0.25) is 0 Å². The van der Waals surface area contributed by atoms with Crippen molar-refractivity contribution in [1.82, 2.24) is 5.32 Å². The molecule has 0 aliphatic carbocycles. The minimum Gasteiger partial charge on any atom is -0.406 e. The van der Waals surface area contributed by atoms with Gasteiger partial charge in [-0.2, -0.15) is 0 Å². The number of ether oxygens (including phenoxy) is 1. The Balaban J connectivity index is 0. The van der Waals surface area contributed by atoms with Crippen molar-refractivity contribution in [3.63, 3.8) is 0 Å². The Labute approximate surface area is 226 Å². The first-order valence-corrected chi connectivity index (χ1v) is 12.1. The maximum Gasteiger partial charge on any atom is 0.573 e. The summed E-state index contributed by atoms with van der Waals surface area (Å²) in [6, 6.07) is 8.06. The average molecular weight is 535 g/mol. The molecule has 1 heterocycles. The Morgan fingerprint density at radius 2 is 1.82 bits per heavy atom. The molecule has 0 saturated heterocycles. The van der Waals surface area contributed by atoms with Crippen molar-refractivity contribution in [3.05, 3.63) is 89.8 Å². The number of hydrogen-bond acceptors (Lipinski definition) is 5. The summed E-state index contributed by atoms with van der Waals surface area (Å²) in [5, 5.41) is 10.8. The molecule has 0 amide bonds. The number of likely N-dealkylation sites (N-methyl/N-ethyl adjacent to an activating group) is 1. The Hall–Kier alpha value is -3.74. The van der Waals surface area contributed by atoms with Gasteiger partial charge in [0.15, 0.2) is 0 Å². The van der Waals surface area contributed by atoms with Crippen LogP contribution in [0.1, 0.15) is 38.9 Å². The molecule has 0 bridgehead atoms. The van der Waals surface area contributed by atoms with E-state index in [1.807, 2.05) is 27.7 Å². The van der Waals surface area contributed by atoms with Crippen LogP contribution in [0, 0.1) is 6.92 Å². The number of carbonyl (C=O) groups excluding carboxylic acids is 1. The van der Waals surface area contributed by atoms with Gasteiger partial charge in [-0.1, -0.05) is 51.3 Å². The zero-order valence-electron chi connectivity index (χ0n) is 23.0. The number of benzene rings is 2. The predicted octanol–water partition coefficient (Wildman–Crippen LogP) is 7.14. The van der Waals surface area contributed by atoms with Crippen LogP contribution in [-0.4, -0.2) is 38.5 Å². The molecule has 0 atom stereocenters.